The van der Waals surface area contributed by atoms with Crippen LogP contribution < -0.4 is 11.1 Å². The van der Waals surface area contributed by atoms with Crippen molar-refractivity contribution < 1.29 is 13.2 Å². The molecule has 1 aromatic rings. The van der Waals surface area contributed by atoms with Crippen molar-refractivity contribution >= 4 is 28.5 Å². The van der Waals surface area contributed by atoms with E-state index in [1.807, 2.05) is 6.92 Å². The van der Waals surface area contributed by atoms with E-state index in [-0.39, 0.29) is 0 Å². The standard InChI is InChI=1S/C15H16F3N5S/c1-9-8-13(23(10(2)20-9)22-14(19)24-3)21-12-6-4-11(5-7-12)15(16,17)18/h4-8,20H,2H2,1,3H3,(H2,19,22). The maximum atomic E-state index is 12.6. The number of rotatable bonds is 2. The van der Waals surface area contributed by atoms with Crippen LogP contribution in [0.5, 0.6) is 0 Å². The Hall–Kier alpha value is -2.42. The molecule has 128 valence electrons. The molecule has 0 spiro atoms. The normalized spacial score (nSPS) is 17.8. The van der Waals surface area contributed by atoms with Crippen LogP contribution in [-0.2, 0) is 6.18 Å². The first-order valence-corrected chi connectivity index (χ1v) is 8.01. The Labute approximate surface area is 141 Å². The molecule has 1 aliphatic rings. The quantitative estimate of drug-likeness (QED) is 0.628. The molecule has 0 saturated heterocycles. The monoisotopic (exact) mass is 355 g/mol. The lowest BCUT2D eigenvalue weighted by molar-refractivity contribution is -0.137. The molecular weight excluding hydrogens is 339 g/mol. The summed E-state index contributed by atoms with van der Waals surface area (Å²) in [6.45, 7) is 5.66. The number of nitrogens with one attached hydrogen (secondary N) is 1. The Morgan fingerprint density at radius 2 is 1.92 bits per heavy atom. The van der Waals surface area contributed by atoms with Gasteiger partial charge in [-0.3, -0.25) is 0 Å². The highest BCUT2D eigenvalue weighted by atomic mass is 32.2. The maximum Gasteiger partial charge on any atom is 0.416 e. The zero-order valence-corrected chi connectivity index (χ0v) is 13.9. The van der Waals surface area contributed by atoms with Gasteiger partial charge >= 0.3 is 6.18 Å². The zero-order valence-electron chi connectivity index (χ0n) is 13.1. The fourth-order valence-corrected chi connectivity index (χ4v) is 2.06. The fourth-order valence-electron chi connectivity index (χ4n) is 1.90. The molecule has 1 aromatic carbocycles. The number of nitrogens with zero attached hydrogens (tertiary/aromatic N) is 3. The Balaban J connectivity index is 2.40. The number of hydrazone groups is 1. The zero-order chi connectivity index (χ0) is 17.9. The lowest BCUT2D eigenvalue weighted by Gasteiger charge is -2.27. The van der Waals surface area contributed by atoms with Crippen LogP contribution in [0.2, 0.25) is 0 Å². The Morgan fingerprint density at radius 1 is 1.29 bits per heavy atom. The van der Waals surface area contributed by atoms with Crippen molar-refractivity contribution in [3.05, 3.63) is 54.0 Å². The number of halogens is 3. The van der Waals surface area contributed by atoms with E-state index in [2.05, 4.69) is 22.0 Å². The molecule has 0 aliphatic carbocycles. The van der Waals surface area contributed by atoms with Crippen molar-refractivity contribution in [2.24, 2.45) is 15.8 Å². The van der Waals surface area contributed by atoms with Crippen LogP contribution in [0.1, 0.15) is 12.5 Å². The minimum Gasteiger partial charge on any atom is -0.377 e. The van der Waals surface area contributed by atoms with Gasteiger partial charge in [-0.15, -0.1) is 5.10 Å². The van der Waals surface area contributed by atoms with Gasteiger partial charge in [0.25, 0.3) is 0 Å². The van der Waals surface area contributed by atoms with Crippen molar-refractivity contribution in [3.8, 4) is 0 Å². The third-order valence-corrected chi connectivity index (χ3v) is 3.51. The lowest BCUT2D eigenvalue weighted by Crippen LogP contribution is -2.36. The van der Waals surface area contributed by atoms with Gasteiger partial charge in [-0.2, -0.15) is 18.2 Å². The number of thioether (sulfide) groups is 1. The van der Waals surface area contributed by atoms with Crippen LogP contribution in [-0.4, -0.2) is 22.3 Å². The summed E-state index contributed by atoms with van der Waals surface area (Å²) in [5, 5.41) is 8.87. The molecule has 0 fully saturated rings. The van der Waals surface area contributed by atoms with Crippen molar-refractivity contribution in [1.82, 2.24) is 10.3 Å². The topological polar surface area (TPSA) is 66.0 Å². The highest BCUT2D eigenvalue weighted by Gasteiger charge is 2.30. The van der Waals surface area contributed by atoms with Crippen LogP contribution in [0.4, 0.5) is 18.9 Å². The molecule has 0 unspecified atom stereocenters. The van der Waals surface area contributed by atoms with E-state index in [0.717, 1.165) is 17.8 Å². The lowest BCUT2D eigenvalue weighted by atomic mass is 10.2. The molecule has 1 aliphatic heterocycles. The molecule has 1 heterocycles. The predicted molar refractivity (Wildman–Crippen MR) is 91.5 cm³/mol. The van der Waals surface area contributed by atoms with Gasteiger partial charge in [0.05, 0.1) is 11.3 Å². The Kier molecular flexibility index (Phi) is 5.23. The van der Waals surface area contributed by atoms with Crippen LogP contribution in [0.15, 0.2) is 58.5 Å². The molecule has 9 heteroatoms. The van der Waals surface area contributed by atoms with Gasteiger partial charge in [0.2, 0.25) is 0 Å². The van der Waals surface area contributed by atoms with E-state index in [9.17, 15) is 13.2 Å². The van der Waals surface area contributed by atoms with E-state index in [1.54, 1.807) is 12.3 Å². The fraction of sp³-hybridized carbons (Fsp3) is 0.200. The number of alkyl halides is 3. The summed E-state index contributed by atoms with van der Waals surface area (Å²) in [5.41, 5.74) is 6.14. The molecule has 0 saturated carbocycles. The van der Waals surface area contributed by atoms with E-state index in [1.165, 1.54) is 28.9 Å². The SMILES string of the molecule is C=C1NC(C)=CC(=Nc2ccc(C(F)(F)F)cc2)N1/N=C(\N)SC. The maximum absolute atomic E-state index is 12.6. The Morgan fingerprint density at radius 3 is 2.46 bits per heavy atom. The molecule has 24 heavy (non-hydrogen) atoms. The molecule has 3 N–H and O–H groups in total. The minimum atomic E-state index is -4.38. The number of nitrogens with two attached hydrogens (primary N) is 1. The minimum absolute atomic E-state index is 0.297. The molecule has 0 atom stereocenters. The summed E-state index contributed by atoms with van der Waals surface area (Å²) in [6.07, 6.45) is -0.912. The summed E-state index contributed by atoms with van der Waals surface area (Å²) in [4.78, 5) is 4.34. The average molecular weight is 355 g/mol. The number of allylic oxidation sites excluding steroid dienone is 1. The van der Waals surface area contributed by atoms with Gasteiger partial charge in [0, 0.05) is 11.8 Å². The third-order valence-electron chi connectivity index (χ3n) is 3.01. The molecule has 0 bridgehead atoms. The molecule has 0 radical (unpaired) electrons. The average Bonchev–Trinajstić information content (AvgIpc) is 2.50. The van der Waals surface area contributed by atoms with Crippen LogP contribution in [0.25, 0.3) is 0 Å². The summed E-state index contributed by atoms with van der Waals surface area (Å²) in [5.74, 6) is 0.839. The molecule has 2 rings (SSSR count). The van der Waals surface area contributed by atoms with Gasteiger partial charge in [0.1, 0.15) is 5.82 Å². The summed E-state index contributed by atoms with van der Waals surface area (Å²) in [7, 11) is 0. The van der Waals surface area contributed by atoms with E-state index in [0.29, 0.717) is 22.5 Å². The van der Waals surface area contributed by atoms with E-state index >= 15 is 0 Å². The van der Waals surface area contributed by atoms with Crippen molar-refractivity contribution in [3.63, 3.8) is 0 Å². The van der Waals surface area contributed by atoms with E-state index in [4.69, 9.17) is 5.73 Å². The van der Waals surface area contributed by atoms with Crippen LogP contribution in [0.3, 0.4) is 0 Å². The van der Waals surface area contributed by atoms with E-state index < -0.39 is 11.7 Å². The Bertz CT molecular complexity index is 720. The molecule has 0 aromatic heterocycles. The number of hydrogen-bond donors (Lipinski definition) is 2. The second kappa shape index (κ2) is 7.00. The molecule has 0 amide bonds. The predicted octanol–water partition coefficient (Wildman–Crippen LogP) is 3.61. The number of aliphatic imine (C=N–C) groups is 1. The summed E-state index contributed by atoms with van der Waals surface area (Å²) in [6, 6.07) is 4.55. The highest BCUT2D eigenvalue weighted by molar-refractivity contribution is 8.13. The first-order chi connectivity index (χ1) is 11.2. The summed E-state index contributed by atoms with van der Waals surface area (Å²) >= 11 is 1.25. The second-order valence-corrected chi connectivity index (χ2v) is 5.69. The molecule has 5 nitrogen and oxygen atoms in total. The smallest absolute Gasteiger partial charge is 0.377 e. The molecular formula is C15H16F3N5S. The third kappa shape index (κ3) is 4.31. The first-order valence-electron chi connectivity index (χ1n) is 6.79. The highest BCUT2D eigenvalue weighted by Crippen LogP contribution is 2.30. The van der Waals surface area contributed by atoms with Crippen molar-refractivity contribution in [2.75, 3.05) is 6.26 Å². The van der Waals surface area contributed by atoms with Gasteiger partial charge in [-0.25, -0.2) is 4.99 Å². The largest absolute Gasteiger partial charge is 0.416 e. The van der Waals surface area contributed by atoms with Gasteiger partial charge < -0.3 is 11.1 Å². The first kappa shape index (κ1) is 17.9. The van der Waals surface area contributed by atoms with Gasteiger partial charge in [-0.1, -0.05) is 18.3 Å². The summed E-state index contributed by atoms with van der Waals surface area (Å²) < 4.78 is 37.9. The number of amidine groups is 2. The van der Waals surface area contributed by atoms with Gasteiger partial charge in [0.15, 0.2) is 11.0 Å². The number of benzene rings is 1. The second-order valence-electron chi connectivity index (χ2n) is 4.87. The van der Waals surface area contributed by atoms with Crippen LogP contribution in [0, 0.1) is 0 Å². The van der Waals surface area contributed by atoms with Gasteiger partial charge in [-0.05, 0) is 37.4 Å². The van der Waals surface area contributed by atoms with Crippen LogP contribution >= 0.6 is 11.8 Å². The van der Waals surface area contributed by atoms with Crippen molar-refractivity contribution in [1.29, 1.82) is 0 Å². The number of hydrogen-bond acceptors (Lipinski definition) is 4. The van der Waals surface area contributed by atoms with Crippen molar-refractivity contribution in [2.45, 2.75) is 13.1 Å².